The second-order valence-electron chi connectivity index (χ2n) is 3.02. The molecule has 0 aromatic carbocycles. The van der Waals surface area contributed by atoms with Gasteiger partial charge in [0.15, 0.2) is 0 Å². The lowest BCUT2D eigenvalue weighted by atomic mass is 10.1. The van der Waals surface area contributed by atoms with Gasteiger partial charge in [-0.2, -0.15) is 0 Å². The maximum Gasteiger partial charge on any atom is 0.243 e. The Kier molecular flexibility index (Phi) is 0.886. The van der Waals surface area contributed by atoms with Crippen LogP contribution in [-0.4, -0.2) is 11.4 Å². The Bertz CT molecular complexity index is 212. The molecule has 1 heterocycles. The average Bonchev–Trinajstić information content (AvgIpc) is 2.61. The number of fused-ring (bicyclic) bond motifs is 1. The fourth-order valence-corrected chi connectivity index (χ4v) is 1.60. The van der Waals surface area contributed by atoms with E-state index in [0.29, 0.717) is 5.92 Å². The summed E-state index contributed by atoms with van der Waals surface area (Å²) in [6, 6.07) is 0. The molecular formula is C7H10N2O. The molecule has 3 nitrogen and oxygen atoms in total. The summed E-state index contributed by atoms with van der Waals surface area (Å²) in [4.78, 5) is 10.8. The van der Waals surface area contributed by atoms with Gasteiger partial charge in [-0.05, 0) is 25.0 Å². The zero-order valence-corrected chi connectivity index (χ0v) is 5.63. The van der Waals surface area contributed by atoms with Gasteiger partial charge in [0.05, 0.1) is 0 Å². The third kappa shape index (κ3) is 0.523. The number of nitrogens with two attached hydrogens (primary N) is 1. The van der Waals surface area contributed by atoms with Crippen molar-refractivity contribution < 1.29 is 4.79 Å². The highest BCUT2D eigenvalue weighted by Gasteiger charge is 2.58. The van der Waals surface area contributed by atoms with E-state index in [1.165, 1.54) is 0 Å². The summed E-state index contributed by atoms with van der Waals surface area (Å²) >= 11 is 0. The minimum Gasteiger partial charge on any atom is -0.377 e. The van der Waals surface area contributed by atoms with E-state index in [2.05, 4.69) is 5.32 Å². The van der Waals surface area contributed by atoms with Crippen molar-refractivity contribution in [3.05, 3.63) is 12.3 Å². The molecule has 0 saturated heterocycles. The molecule has 2 aliphatic rings. The minimum atomic E-state index is -0.352. The fraction of sp³-hybridized carbons (Fsp3) is 0.571. The predicted octanol–water partition coefficient (Wildman–Crippen LogP) is -0.263. The molecule has 3 heteroatoms. The molecule has 10 heavy (non-hydrogen) atoms. The van der Waals surface area contributed by atoms with E-state index < -0.39 is 0 Å². The molecule has 3 N–H and O–H groups in total. The van der Waals surface area contributed by atoms with Crippen LogP contribution >= 0.6 is 0 Å². The first-order valence-corrected chi connectivity index (χ1v) is 3.48. The number of hydrogen-bond donors (Lipinski definition) is 2. The summed E-state index contributed by atoms with van der Waals surface area (Å²) in [5, 5.41) is 3.01. The zero-order chi connectivity index (χ0) is 7.19. The highest BCUT2D eigenvalue weighted by atomic mass is 16.1. The average molecular weight is 138 g/mol. The fourth-order valence-electron chi connectivity index (χ4n) is 1.60. The van der Waals surface area contributed by atoms with Crippen LogP contribution in [0.3, 0.4) is 0 Å². The maximum atomic E-state index is 10.8. The van der Waals surface area contributed by atoms with Gasteiger partial charge in [0.2, 0.25) is 5.91 Å². The molecule has 1 aliphatic heterocycles. The van der Waals surface area contributed by atoms with Crippen molar-refractivity contribution in [2.45, 2.75) is 18.4 Å². The van der Waals surface area contributed by atoms with Crippen molar-refractivity contribution in [2.75, 3.05) is 0 Å². The lowest BCUT2D eigenvalue weighted by Crippen LogP contribution is -2.44. The van der Waals surface area contributed by atoms with Gasteiger partial charge in [0, 0.05) is 0 Å². The minimum absolute atomic E-state index is 0.207. The number of carbonyl (C=O) groups is 1. The van der Waals surface area contributed by atoms with E-state index in [4.69, 9.17) is 5.73 Å². The van der Waals surface area contributed by atoms with Crippen molar-refractivity contribution in [2.24, 2.45) is 11.7 Å². The van der Waals surface area contributed by atoms with Crippen LogP contribution in [0, 0.1) is 5.92 Å². The van der Waals surface area contributed by atoms with Crippen LogP contribution in [-0.2, 0) is 4.79 Å². The van der Waals surface area contributed by atoms with Gasteiger partial charge in [0.1, 0.15) is 5.54 Å². The number of carbonyl (C=O) groups excluding carboxylic acids is 1. The Morgan fingerprint density at radius 2 is 2.60 bits per heavy atom. The van der Waals surface area contributed by atoms with E-state index in [9.17, 15) is 4.79 Å². The standard InChI is InChI=1S/C7H10N2O/c8-6(10)7-4-5(7)2-1-3-9-7/h1,3,5,9H,2,4H2,(H2,8,10). The van der Waals surface area contributed by atoms with Crippen molar-refractivity contribution in [3.63, 3.8) is 0 Å². The second-order valence-corrected chi connectivity index (χ2v) is 3.02. The van der Waals surface area contributed by atoms with Crippen LogP contribution in [0.25, 0.3) is 0 Å². The van der Waals surface area contributed by atoms with Crippen molar-refractivity contribution in [3.8, 4) is 0 Å². The van der Waals surface area contributed by atoms with Crippen molar-refractivity contribution in [1.29, 1.82) is 0 Å². The Morgan fingerprint density at radius 3 is 3.10 bits per heavy atom. The van der Waals surface area contributed by atoms with Crippen LogP contribution in [0.2, 0.25) is 0 Å². The smallest absolute Gasteiger partial charge is 0.243 e. The number of primary amides is 1. The normalized spacial score (nSPS) is 41.8. The zero-order valence-electron chi connectivity index (χ0n) is 5.63. The van der Waals surface area contributed by atoms with Crippen LogP contribution in [0.5, 0.6) is 0 Å². The van der Waals surface area contributed by atoms with Gasteiger partial charge in [-0.1, -0.05) is 6.08 Å². The largest absolute Gasteiger partial charge is 0.377 e. The molecular weight excluding hydrogens is 128 g/mol. The van der Waals surface area contributed by atoms with Crippen LogP contribution < -0.4 is 11.1 Å². The van der Waals surface area contributed by atoms with E-state index >= 15 is 0 Å². The lowest BCUT2D eigenvalue weighted by molar-refractivity contribution is -0.121. The number of hydrogen-bond acceptors (Lipinski definition) is 2. The van der Waals surface area contributed by atoms with Gasteiger partial charge in [0.25, 0.3) is 0 Å². The molecule has 1 fully saturated rings. The maximum absolute atomic E-state index is 10.8. The van der Waals surface area contributed by atoms with E-state index in [0.717, 1.165) is 12.8 Å². The SMILES string of the molecule is NC(=O)C12CC1CC=CN2. The molecule has 2 atom stereocenters. The molecule has 2 unspecified atom stereocenters. The Morgan fingerprint density at radius 1 is 1.80 bits per heavy atom. The number of nitrogens with one attached hydrogen (secondary N) is 1. The Labute approximate surface area is 59.3 Å². The molecule has 0 aromatic rings. The molecule has 54 valence electrons. The first-order chi connectivity index (χ1) is 4.76. The highest BCUT2D eigenvalue weighted by molar-refractivity contribution is 5.89. The third-order valence-corrected chi connectivity index (χ3v) is 2.42. The topological polar surface area (TPSA) is 55.1 Å². The monoisotopic (exact) mass is 138 g/mol. The van der Waals surface area contributed by atoms with E-state index in [1.54, 1.807) is 0 Å². The summed E-state index contributed by atoms with van der Waals surface area (Å²) in [7, 11) is 0. The summed E-state index contributed by atoms with van der Waals surface area (Å²) in [6.45, 7) is 0. The summed E-state index contributed by atoms with van der Waals surface area (Å²) in [5.41, 5.74) is 4.86. The summed E-state index contributed by atoms with van der Waals surface area (Å²) in [6.07, 6.45) is 5.78. The summed E-state index contributed by atoms with van der Waals surface area (Å²) in [5.74, 6) is 0.261. The van der Waals surface area contributed by atoms with Crippen LogP contribution in [0.4, 0.5) is 0 Å². The summed E-state index contributed by atoms with van der Waals surface area (Å²) < 4.78 is 0. The molecule has 1 aliphatic carbocycles. The van der Waals surface area contributed by atoms with Gasteiger partial charge in [-0.15, -0.1) is 0 Å². The molecule has 0 radical (unpaired) electrons. The number of rotatable bonds is 1. The van der Waals surface area contributed by atoms with Gasteiger partial charge in [-0.3, -0.25) is 4.79 Å². The molecule has 2 rings (SSSR count). The van der Waals surface area contributed by atoms with Gasteiger partial charge in [-0.25, -0.2) is 0 Å². The van der Waals surface area contributed by atoms with E-state index in [1.807, 2.05) is 12.3 Å². The molecule has 1 saturated carbocycles. The van der Waals surface area contributed by atoms with Crippen molar-refractivity contribution in [1.82, 2.24) is 5.32 Å². The van der Waals surface area contributed by atoms with Gasteiger partial charge < -0.3 is 11.1 Å². The number of amides is 1. The quantitative estimate of drug-likeness (QED) is 0.524. The van der Waals surface area contributed by atoms with Gasteiger partial charge >= 0.3 is 0 Å². The third-order valence-electron chi connectivity index (χ3n) is 2.42. The predicted molar refractivity (Wildman–Crippen MR) is 36.9 cm³/mol. The molecule has 0 bridgehead atoms. The first-order valence-electron chi connectivity index (χ1n) is 3.48. The highest BCUT2D eigenvalue weighted by Crippen LogP contribution is 2.47. The Balaban J connectivity index is 2.21. The molecule has 1 amide bonds. The Hall–Kier alpha value is -0.990. The molecule has 0 aromatic heterocycles. The molecule has 0 spiro atoms. The second kappa shape index (κ2) is 1.54. The number of allylic oxidation sites excluding steroid dienone is 1. The van der Waals surface area contributed by atoms with Crippen molar-refractivity contribution >= 4 is 5.91 Å². The van der Waals surface area contributed by atoms with E-state index in [-0.39, 0.29) is 11.4 Å². The lowest BCUT2D eigenvalue weighted by Gasteiger charge is -2.16. The first kappa shape index (κ1) is 5.77. The van der Waals surface area contributed by atoms with Crippen LogP contribution in [0.1, 0.15) is 12.8 Å². The van der Waals surface area contributed by atoms with Crippen LogP contribution in [0.15, 0.2) is 12.3 Å².